The van der Waals surface area contributed by atoms with E-state index in [1.807, 2.05) is 23.1 Å². The van der Waals surface area contributed by atoms with Gasteiger partial charge in [0.2, 0.25) is 0 Å². The van der Waals surface area contributed by atoms with E-state index in [1.165, 1.54) is 13.2 Å². The van der Waals surface area contributed by atoms with Crippen LogP contribution >= 0.6 is 0 Å². The van der Waals surface area contributed by atoms with Gasteiger partial charge in [0.05, 0.1) is 32.7 Å². The molecule has 1 aliphatic rings. The molecule has 0 bridgehead atoms. The maximum absolute atomic E-state index is 13.7. The molecule has 4 rings (SSSR count). The van der Waals surface area contributed by atoms with Gasteiger partial charge in [-0.25, -0.2) is 8.42 Å². The zero-order chi connectivity index (χ0) is 29.6. The molecule has 1 aliphatic heterocycles. The van der Waals surface area contributed by atoms with Crippen LogP contribution in [0, 0.1) is 11.8 Å². The summed E-state index contributed by atoms with van der Waals surface area (Å²) in [5.74, 6) is 2.39. The number of nitrogens with one attached hydrogen (secondary N) is 2. The molecule has 9 nitrogen and oxygen atoms in total. The molecular formula is C31H39N3O6S. The fourth-order valence-corrected chi connectivity index (χ4v) is 6.57. The van der Waals surface area contributed by atoms with Crippen LogP contribution in [0.5, 0.6) is 17.2 Å². The second-order valence-corrected chi connectivity index (χ2v) is 12.2. The first-order valence-corrected chi connectivity index (χ1v) is 15.2. The molecule has 0 spiro atoms. The standard InChI is InChI=1S/C31H39N3O6S/c1-21-15-22(2)20-34(19-21)31(35)24-10-11-27(32-14-13-23-9-12-28(39-4)29(16-23)40-5)30(17-24)41(36,37)33-25-7-6-8-26(18-25)38-3/h6-12,16-18,21-22,32-33H,13-15,19-20H2,1-5H3. The Labute approximate surface area is 242 Å². The first-order valence-electron chi connectivity index (χ1n) is 13.7. The lowest BCUT2D eigenvalue weighted by atomic mass is 9.91. The molecule has 1 amide bonds. The minimum absolute atomic E-state index is 0.00316. The highest BCUT2D eigenvalue weighted by Gasteiger charge is 2.28. The zero-order valence-electron chi connectivity index (χ0n) is 24.3. The number of rotatable bonds is 11. The number of carbonyl (C=O) groups is 1. The molecule has 0 aliphatic carbocycles. The molecule has 2 N–H and O–H groups in total. The predicted molar refractivity (Wildman–Crippen MR) is 161 cm³/mol. The zero-order valence-corrected chi connectivity index (χ0v) is 25.1. The Morgan fingerprint density at radius 2 is 1.63 bits per heavy atom. The number of ether oxygens (including phenoxy) is 3. The van der Waals surface area contributed by atoms with Gasteiger partial charge >= 0.3 is 0 Å². The van der Waals surface area contributed by atoms with E-state index in [2.05, 4.69) is 23.9 Å². The van der Waals surface area contributed by atoms with Crippen LogP contribution in [0.3, 0.4) is 0 Å². The summed E-state index contributed by atoms with van der Waals surface area (Å²) in [6.07, 6.45) is 1.67. The van der Waals surface area contributed by atoms with Crippen LogP contribution in [0.15, 0.2) is 65.6 Å². The van der Waals surface area contributed by atoms with Gasteiger partial charge < -0.3 is 24.4 Å². The molecule has 0 saturated carbocycles. The Balaban J connectivity index is 1.62. The van der Waals surface area contributed by atoms with E-state index in [0.717, 1.165) is 12.0 Å². The van der Waals surface area contributed by atoms with Crippen LogP contribution in [0.4, 0.5) is 11.4 Å². The van der Waals surface area contributed by atoms with E-state index < -0.39 is 10.0 Å². The Bertz CT molecular complexity index is 1470. The predicted octanol–water partition coefficient (Wildman–Crippen LogP) is 5.29. The van der Waals surface area contributed by atoms with Crippen molar-refractivity contribution in [3.8, 4) is 17.2 Å². The average Bonchev–Trinajstić information content (AvgIpc) is 2.96. The van der Waals surface area contributed by atoms with E-state index in [-0.39, 0.29) is 10.8 Å². The highest BCUT2D eigenvalue weighted by atomic mass is 32.2. The van der Waals surface area contributed by atoms with Crippen molar-refractivity contribution < 1.29 is 27.4 Å². The largest absolute Gasteiger partial charge is 0.497 e. The number of amides is 1. The van der Waals surface area contributed by atoms with E-state index in [9.17, 15) is 13.2 Å². The monoisotopic (exact) mass is 581 g/mol. The number of sulfonamides is 1. The van der Waals surface area contributed by atoms with Crippen molar-refractivity contribution in [2.45, 2.75) is 31.6 Å². The fraction of sp³-hybridized carbons (Fsp3) is 0.387. The van der Waals surface area contributed by atoms with E-state index in [4.69, 9.17) is 14.2 Å². The lowest BCUT2D eigenvalue weighted by Gasteiger charge is -2.35. The summed E-state index contributed by atoms with van der Waals surface area (Å²) in [5.41, 5.74) is 2.09. The quantitative estimate of drug-likeness (QED) is 0.317. The molecule has 220 valence electrons. The Kier molecular flexibility index (Phi) is 9.65. The van der Waals surface area contributed by atoms with Crippen molar-refractivity contribution >= 4 is 27.3 Å². The van der Waals surface area contributed by atoms with Gasteiger partial charge in [0, 0.05) is 31.3 Å². The van der Waals surface area contributed by atoms with Crippen LogP contribution in [-0.4, -0.2) is 60.2 Å². The van der Waals surface area contributed by atoms with Crippen LogP contribution in [0.25, 0.3) is 0 Å². The van der Waals surface area contributed by atoms with Gasteiger partial charge in [-0.05, 0) is 72.7 Å². The lowest BCUT2D eigenvalue weighted by molar-refractivity contribution is 0.0623. The minimum Gasteiger partial charge on any atom is -0.497 e. The summed E-state index contributed by atoms with van der Waals surface area (Å²) in [5, 5.41) is 3.26. The summed E-state index contributed by atoms with van der Waals surface area (Å²) >= 11 is 0. The van der Waals surface area contributed by atoms with Gasteiger partial charge in [-0.15, -0.1) is 0 Å². The number of piperidine rings is 1. The van der Waals surface area contributed by atoms with Crippen LogP contribution < -0.4 is 24.2 Å². The van der Waals surface area contributed by atoms with Crippen LogP contribution in [0.1, 0.15) is 36.2 Å². The summed E-state index contributed by atoms with van der Waals surface area (Å²) in [6, 6.07) is 17.2. The van der Waals surface area contributed by atoms with Gasteiger partial charge in [0.25, 0.3) is 15.9 Å². The minimum atomic E-state index is -4.07. The van der Waals surface area contributed by atoms with Gasteiger partial charge in [0.15, 0.2) is 11.5 Å². The number of benzene rings is 3. The van der Waals surface area contributed by atoms with Crippen molar-refractivity contribution in [3.05, 3.63) is 71.8 Å². The second-order valence-electron chi connectivity index (χ2n) is 10.6. The van der Waals surface area contributed by atoms with Gasteiger partial charge in [-0.1, -0.05) is 26.0 Å². The molecule has 2 atom stereocenters. The molecule has 1 heterocycles. The number of likely N-dealkylation sites (tertiary alicyclic amines) is 1. The first kappa shape index (κ1) is 30.0. The van der Waals surface area contributed by atoms with Crippen molar-refractivity contribution in [2.75, 3.05) is 51.0 Å². The molecule has 0 radical (unpaired) electrons. The third kappa shape index (κ3) is 7.43. The third-order valence-corrected chi connectivity index (χ3v) is 8.59. The maximum atomic E-state index is 13.7. The van der Waals surface area contributed by atoms with E-state index in [0.29, 0.717) is 72.1 Å². The molecule has 1 fully saturated rings. The highest BCUT2D eigenvalue weighted by Crippen LogP contribution is 2.30. The first-order chi connectivity index (χ1) is 19.6. The van der Waals surface area contributed by atoms with E-state index in [1.54, 1.807) is 50.6 Å². The van der Waals surface area contributed by atoms with Crippen LogP contribution in [0.2, 0.25) is 0 Å². The summed E-state index contributed by atoms with van der Waals surface area (Å²) in [7, 11) is 0.620. The SMILES string of the molecule is COc1cccc(NS(=O)(=O)c2cc(C(=O)N3CC(C)CC(C)C3)ccc2NCCc2ccc(OC)c(OC)c2)c1. The topological polar surface area (TPSA) is 106 Å². The Hall–Kier alpha value is -3.92. The molecule has 2 unspecified atom stereocenters. The molecule has 41 heavy (non-hydrogen) atoms. The molecule has 10 heteroatoms. The lowest BCUT2D eigenvalue weighted by Crippen LogP contribution is -2.42. The second kappa shape index (κ2) is 13.2. The molecular weight excluding hydrogens is 542 g/mol. The number of nitrogens with zero attached hydrogens (tertiary/aromatic N) is 1. The third-order valence-electron chi connectivity index (χ3n) is 7.17. The van der Waals surface area contributed by atoms with Gasteiger partial charge in [-0.2, -0.15) is 0 Å². The molecule has 1 saturated heterocycles. The van der Waals surface area contributed by atoms with Gasteiger partial charge in [0.1, 0.15) is 10.6 Å². The normalized spacial score (nSPS) is 17.0. The summed E-state index contributed by atoms with van der Waals surface area (Å²) in [6.45, 7) is 6.02. The van der Waals surface area contributed by atoms with Crippen molar-refractivity contribution in [3.63, 3.8) is 0 Å². The van der Waals surface area contributed by atoms with E-state index >= 15 is 0 Å². The maximum Gasteiger partial charge on any atom is 0.263 e. The Morgan fingerprint density at radius 1 is 0.902 bits per heavy atom. The number of methoxy groups -OCH3 is 3. The molecule has 0 aromatic heterocycles. The average molecular weight is 582 g/mol. The number of hydrogen-bond donors (Lipinski definition) is 2. The number of carbonyl (C=O) groups excluding carboxylic acids is 1. The molecule has 3 aromatic carbocycles. The molecule has 3 aromatic rings. The summed E-state index contributed by atoms with van der Waals surface area (Å²) < 4.78 is 46.0. The van der Waals surface area contributed by atoms with Crippen LogP contribution in [-0.2, 0) is 16.4 Å². The van der Waals surface area contributed by atoms with Crippen molar-refractivity contribution in [2.24, 2.45) is 11.8 Å². The summed E-state index contributed by atoms with van der Waals surface area (Å²) in [4.78, 5) is 15.3. The number of anilines is 2. The van der Waals surface area contributed by atoms with Crippen molar-refractivity contribution in [1.82, 2.24) is 4.90 Å². The fourth-order valence-electron chi connectivity index (χ4n) is 5.31. The highest BCUT2D eigenvalue weighted by molar-refractivity contribution is 7.92. The smallest absolute Gasteiger partial charge is 0.263 e. The van der Waals surface area contributed by atoms with Crippen molar-refractivity contribution in [1.29, 1.82) is 0 Å². The van der Waals surface area contributed by atoms with Gasteiger partial charge in [-0.3, -0.25) is 9.52 Å². The Morgan fingerprint density at radius 3 is 2.32 bits per heavy atom. The number of hydrogen-bond acceptors (Lipinski definition) is 7.